The number of carbonyl (C=O) groups excluding carboxylic acids is 4. The molecule has 4 fully saturated rings. The number of phenols is 4. The molecule has 16 nitrogen and oxygen atoms in total. The average Bonchev–Trinajstić information content (AvgIpc) is 0.796. The SMILES string of the molecule is O=C(OC(C(=O)NCC(c1ccc(O)c(CN2CCCCCC2)c1)c1ccc(O)c(CN2CCCCCC2)c1)(c1ccccc1)c1ccccc1)C(=O)OC(C(=O)NCC(c1ccc(O)c(CN2CCCCCC2)c1)c1ccc(O)c(CN2CCCCCC2)c1)(c1ccccc1)c1ccccc1. The van der Waals surface area contributed by atoms with Crippen molar-refractivity contribution in [2.75, 3.05) is 65.4 Å². The molecule has 4 aliphatic heterocycles. The predicted octanol–water partition coefficient (Wildman–Crippen LogP) is 14.2. The van der Waals surface area contributed by atoms with Gasteiger partial charge in [-0.05, 0) is 150 Å². The summed E-state index contributed by atoms with van der Waals surface area (Å²) in [6.07, 6.45) is 17.8. The molecule has 0 aliphatic carbocycles. The van der Waals surface area contributed by atoms with Crippen LogP contribution in [-0.2, 0) is 66.0 Å². The van der Waals surface area contributed by atoms with Crippen molar-refractivity contribution in [2.24, 2.45) is 0 Å². The minimum Gasteiger partial charge on any atom is -0.508 e. The lowest BCUT2D eigenvalue weighted by molar-refractivity contribution is -0.186. The first kappa shape index (κ1) is 72.5. The third-order valence-corrected chi connectivity index (χ3v) is 21.3. The second-order valence-corrected chi connectivity index (χ2v) is 28.4. The summed E-state index contributed by atoms with van der Waals surface area (Å²) in [5.74, 6) is -5.20. The number of ether oxygens (including phenoxy) is 2. The van der Waals surface area contributed by atoms with E-state index in [4.69, 9.17) is 9.47 Å². The van der Waals surface area contributed by atoms with Crippen LogP contribution in [-0.4, -0.2) is 129 Å². The Hall–Kier alpha value is -9.32. The number of rotatable bonds is 24. The maximum atomic E-state index is 16.2. The van der Waals surface area contributed by atoms with Crippen molar-refractivity contribution in [1.82, 2.24) is 30.2 Å². The summed E-state index contributed by atoms with van der Waals surface area (Å²) in [5, 5.41) is 52.5. The third-order valence-electron chi connectivity index (χ3n) is 21.3. The van der Waals surface area contributed by atoms with Gasteiger partial charge in [0.05, 0.1) is 0 Å². The summed E-state index contributed by atoms with van der Waals surface area (Å²) >= 11 is 0. The van der Waals surface area contributed by atoms with E-state index in [0.29, 0.717) is 26.2 Å². The van der Waals surface area contributed by atoms with Gasteiger partial charge in [0.15, 0.2) is 0 Å². The molecule has 102 heavy (non-hydrogen) atoms. The Labute approximate surface area is 601 Å². The van der Waals surface area contributed by atoms with Crippen molar-refractivity contribution in [1.29, 1.82) is 0 Å². The minimum absolute atomic E-state index is 0.0653. The zero-order valence-corrected chi connectivity index (χ0v) is 58.9. The minimum atomic E-state index is -2.37. The van der Waals surface area contributed by atoms with E-state index in [-0.39, 0.29) is 58.3 Å². The topological polar surface area (TPSA) is 205 Å². The maximum Gasteiger partial charge on any atom is 0.419 e. The van der Waals surface area contributed by atoms with E-state index < -0.39 is 46.8 Å². The average molecular weight is 1380 g/mol. The number of benzene rings is 8. The van der Waals surface area contributed by atoms with Gasteiger partial charge in [-0.1, -0.05) is 221 Å². The number of nitrogens with zero attached hydrogens (tertiary/aromatic N) is 4. The van der Waals surface area contributed by atoms with Crippen LogP contribution in [0.4, 0.5) is 0 Å². The zero-order chi connectivity index (χ0) is 70.7. The molecule has 534 valence electrons. The molecule has 0 unspecified atom stereocenters. The van der Waals surface area contributed by atoms with Crippen molar-refractivity contribution in [3.05, 3.63) is 261 Å². The molecule has 16 heteroatoms. The van der Waals surface area contributed by atoms with Gasteiger partial charge >= 0.3 is 11.9 Å². The molecule has 0 atom stereocenters. The van der Waals surface area contributed by atoms with E-state index >= 15 is 19.2 Å². The number of hydrogen-bond donors (Lipinski definition) is 6. The Kier molecular flexibility index (Phi) is 24.9. The van der Waals surface area contributed by atoms with Crippen LogP contribution in [0.15, 0.2) is 194 Å². The van der Waals surface area contributed by atoms with Crippen LogP contribution >= 0.6 is 0 Å². The third kappa shape index (κ3) is 17.8. The molecule has 0 aromatic heterocycles. The molecule has 4 heterocycles. The van der Waals surface area contributed by atoms with Crippen molar-refractivity contribution in [3.8, 4) is 23.0 Å². The number of phenolic OH excluding ortho intramolecular Hbond substituents is 4. The van der Waals surface area contributed by atoms with Gasteiger partial charge in [-0.2, -0.15) is 0 Å². The van der Waals surface area contributed by atoms with Crippen LogP contribution < -0.4 is 10.6 Å². The fourth-order valence-corrected chi connectivity index (χ4v) is 15.7. The van der Waals surface area contributed by atoms with Crippen LogP contribution in [0, 0.1) is 0 Å². The molecule has 0 saturated carbocycles. The van der Waals surface area contributed by atoms with Crippen molar-refractivity contribution in [2.45, 2.75) is 152 Å². The number of amides is 2. The van der Waals surface area contributed by atoms with Crippen molar-refractivity contribution in [3.63, 3.8) is 0 Å². The highest BCUT2D eigenvalue weighted by Crippen LogP contribution is 2.41. The van der Waals surface area contributed by atoms with Crippen LogP contribution in [0.3, 0.4) is 0 Å². The first-order valence-corrected chi connectivity index (χ1v) is 37.3. The normalized spacial score (nSPS) is 16.5. The van der Waals surface area contributed by atoms with Crippen LogP contribution in [0.1, 0.15) is 181 Å². The van der Waals surface area contributed by atoms with Gasteiger partial charge in [0.2, 0.25) is 11.2 Å². The van der Waals surface area contributed by atoms with E-state index in [2.05, 4.69) is 30.2 Å². The highest BCUT2D eigenvalue weighted by Gasteiger charge is 2.52. The summed E-state index contributed by atoms with van der Waals surface area (Å²) in [5.41, 5.74) is 2.30. The van der Waals surface area contributed by atoms with Gasteiger partial charge in [-0.15, -0.1) is 0 Å². The lowest BCUT2D eigenvalue weighted by atomic mass is 9.84. The lowest BCUT2D eigenvalue weighted by Crippen LogP contribution is -2.53. The molecule has 0 radical (unpaired) electrons. The molecule has 0 spiro atoms. The van der Waals surface area contributed by atoms with Crippen LogP contribution in [0.2, 0.25) is 0 Å². The predicted molar refractivity (Wildman–Crippen MR) is 397 cm³/mol. The number of hydrogen-bond acceptors (Lipinski definition) is 14. The van der Waals surface area contributed by atoms with E-state index in [1.54, 1.807) is 146 Å². The summed E-state index contributed by atoms with van der Waals surface area (Å²) < 4.78 is 13.3. The van der Waals surface area contributed by atoms with Gasteiger partial charge in [-0.3, -0.25) is 29.2 Å². The number of nitrogens with one attached hydrogen (secondary N) is 2. The molecule has 6 N–H and O–H groups in total. The Bertz CT molecular complexity index is 3570. The summed E-state index contributed by atoms with van der Waals surface area (Å²) in [4.78, 5) is 73.2. The fourth-order valence-electron chi connectivity index (χ4n) is 15.7. The summed E-state index contributed by atoms with van der Waals surface area (Å²) in [6.45, 7) is 9.26. The smallest absolute Gasteiger partial charge is 0.419 e. The standard InChI is InChI=1S/C86H100N6O10/c93-77-41-37-63(53-67(77)59-89-45-21-1-2-22-46-89)75(64-38-42-78(94)68(54-64)60-90-47-23-3-4-24-48-90)57-87-83(99)85(71-29-13-9-14-30-71,72-31-15-10-16-32-72)101-81(97)82(98)102-86(73-33-17-11-18-34-73,74-35-19-12-20-36-74)84(100)88-58-76(65-39-43-79(95)69(55-65)61-91-49-25-5-6-26-50-91)66-40-44-80(96)70(56-66)62-92-51-27-7-8-28-52-92/h9-20,29-44,53-56,75-76,93-96H,1-8,21-28,45-52,57-62H2,(H,87,99)(H,88,100). The van der Waals surface area contributed by atoms with Gasteiger partial charge < -0.3 is 40.5 Å². The van der Waals surface area contributed by atoms with E-state index in [1.165, 1.54) is 0 Å². The van der Waals surface area contributed by atoms with E-state index in [1.807, 2.05) is 48.5 Å². The van der Waals surface area contributed by atoms with Crippen LogP contribution in [0.5, 0.6) is 23.0 Å². The van der Waals surface area contributed by atoms with Gasteiger partial charge in [0, 0.05) is 95.6 Å². The van der Waals surface area contributed by atoms with E-state index in [9.17, 15) is 20.4 Å². The molecule has 4 aliphatic rings. The Morgan fingerprint density at radius 2 is 0.529 bits per heavy atom. The first-order chi connectivity index (χ1) is 49.8. The van der Waals surface area contributed by atoms with E-state index in [0.717, 1.165) is 200 Å². The largest absolute Gasteiger partial charge is 0.508 e. The van der Waals surface area contributed by atoms with Gasteiger partial charge in [-0.25, -0.2) is 9.59 Å². The fraction of sp³-hybridized carbons (Fsp3) is 0.395. The maximum absolute atomic E-state index is 16.2. The highest BCUT2D eigenvalue weighted by molar-refractivity contribution is 6.31. The molecule has 0 bridgehead atoms. The van der Waals surface area contributed by atoms with Crippen LogP contribution in [0.25, 0.3) is 0 Å². The van der Waals surface area contributed by atoms with Crippen molar-refractivity contribution < 1.29 is 49.1 Å². The number of carbonyl (C=O) groups is 4. The summed E-state index contributed by atoms with van der Waals surface area (Å²) in [6, 6.07) is 56.4. The zero-order valence-electron chi connectivity index (χ0n) is 58.9. The second-order valence-electron chi connectivity index (χ2n) is 28.4. The number of likely N-dealkylation sites (tertiary alicyclic amines) is 4. The summed E-state index contributed by atoms with van der Waals surface area (Å²) in [7, 11) is 0. The second kappa shape index (κ2) is 35.0. The number of aromatic hydroxyl groups is 4. The molecular formula is C86H100N6O10. The molecule has 12 rings (SSSR count). The Morgan fingerprint density at radius 1 is 0.314 bits per heavy atom. The molecule has 2 amide bonds. The first-order valence-electron chi connectivity index (χ1n) is 37.3. The monoisotopic (exact) mass is 1380 g/mol. The number of esters is 2. The Morgan fingerprint density at radius 3 is 0.745 bits per heavy atom. The molecule has 8 aromatic rings. The van der Waals surface area contributed by atoms with Gasteiger partial charge in [0.25, 0.3) is 11.8 Å². The quantitative estimate of drug-likeness (QED) is 0.0246. The lowest BCUT2D eigenvalue weighted by Gasteiger charge is -2.35. The molecular weight excluding hydrogens is 1280 g/mol. The molecule has 4 saturated heterocycles. The van der Waals surface area contributed by atoms with Gasteiger partial charge in [0.1, 0.15) is 23.0 Å². The Balaban J connectivity index is 0.897. The molecule has 8 aromatic carbocycles. The highest BCUT2D eigenvalue weighted by atomic mass is 16.6. The van der Waals surface area contributed by atoms with Crippen molar-refractivity contribution >= 4 is 23.8 Å².